The third-order valence-electron chi connectivity index (χ3n) is 5.57. The summed E-state index contributed by atoms with van der Waals surface area (Å²) in [6, 6.07) is 12.0. The van der Waals surface area contributed by atoms with Crippen molar-refractivity contribution in [2.24, 2.45) is 0 Å². The minimum Gasteiger partial charge on any atom is -0.467 e. The van der Waals surface area contributed by atoms with Crippen LogP contribution in [0.15, 0.2) is 42.5 Å². The van der Waals surface area contributed by atoms with E-state index in [1.54, 1.807) is 19.2 Å². The van der Waals surface area contributed by atoms with E-state index in [2.05, 4.69) is 19.9 Å². The summed E-state index contributed by atoms with van der Waals surface area (Å²) in [7, 11) is 1.51. The minimum atomic E-state index is -4.37. The predicted molar refractivity (Wildman–Crippen MR) is 119 cm³/mol. The van der Waals surface area contributed by atoms with Crippen LogP contribution in [0.25, 0.3) is 0 Å². The van der Waals surface area contributed by atoms with E-state index < -0.39 is 16.9 Å². The molecule has 0 heterocycles. The fourth-order valence-corrected chi connectivity index (χ4v) is 5.28. The summed E-state index contributed by atoms with van der Waals surface area (Å²) in [6.45, 7) is 8.46. The van der Waals surface area contributed by atoms with Crippen molar-refractivity contribution < 1.29 is 22.6 Å². The largest absolute Gasteiger partial charge is 0.467 e. The lowest BCUT2D eigenvalue weighted by atomic mass is 9.91. The predicted octanol–water partition coefficient (Wildman–Crippen LogP) is 7.22. The van der Waals surface area contributed by atoms with Crippen molar-refractivity contribution in [3.05, 3.63) is 59.2 Å². The molecule has 0 saturated heterocycles. The standard InChI is InChI=1S/C24H32F3O2P/c1-6-10-17(3)18-13-14-19(21(15-18)29-16-28-5)23(4,7-2)30-22-12-9-8-11-20(22)24(25,26)27/h8-9,11-15,17,30H,6-7,10,16H2,1-5H3. The molecule has 0 N–H and O–H groups in total. The molecule has 0 bridgehead atoms. The second-order valence-corrected chi connectivity index (χ2v) is 9.74. The molecule has 0 fully saturated rings. The molecule has 0 amide bonds. The van der Waals surface area contributed by atoms with E-state index in [1.807, 2.05) is 26.0 Å². The van der Waals surface area contributed by atoms with Crippen LogP contribution in [0.3, 0.4) is 0 Å². The molecule has 0 spiro atoms. The average Bonchev–Trinajstić information content (AvgIpc) is 2.71. The maximum atomic E-state index is 13.6. The first-order valence-electron chi connectivity index (χ1n) is 10.4. The number of halogens is 3. The molecule has 30 heavy (non-hydrogen) atoms. The summed E-state index contributed by atoms with van der Waals surface area (Å²) < 4.78 is 51.7. The van der Waals surface area contributed by atoms with Gasteiger partial charge in [-0.2, -0.15) is 13.2 Å². The Balaban J connectivity index is 2.50. The molecular formula is C24H32F3O2P. The van der Waals surface area contributed by atoms with Crippen molar-refractivity contribution in [1.29, 1.82) is 0 Å². The number of alkyl halides is 3. The third kappa shape index (κ3) is 5.98. The molecule has 2 nitrogen and oxygen atoms in total. The van der Waals surface area contributed by atoms with Crippen molar-refractivity contribution in [2.45, 2.75) is 64.2 Å². The molecule has 0 saturated carbocycles. The fraction of sp³-hybridized carbons (Fsp3) is 0.500. The van der Waals surface area contributed by atoms with Gasteiger partial charge in [0.05, 0.1) is 5.56 Å². The Bertz CT molecular complexity index is 822. The van der Waals surface area contributed by atoms with E-state index in [-0.39, 0.29) is 15.4 Å². The van der Waals surface area contributed by atoms with Crippen LogP contribution in [-0.4, -0.2) is 13.9 Å². The second-order valence-electron chi connectivity index (χ2n) is 7.85. The smallest absolute Gasteiger partial charge is 0.417 e. The Kier molecular flexibility index (Phi) is 8.75. The minimum absolute atomic E-state index is 0.0493. The molecule has 0 radical (unpaired) electrons. The first kappa shape index (κ1) is 24.7. The SMILES string of the molecule is CCCC(C)c1ccc(C(C)(CC)Pc2ccccc2C(F)(F)F)c(OCOC)c1. The van der Waals surface area contributed by atoms with Crippen molar-refractivity contribution in [3.63, 3.8) is 0 Å². The first-order chi connectivity index (χ1) is 14.2. The monoisotopic (exact) mass is 440 g/mol. The zero-order valence-electron chi connectivity index (χ0n) is 18.4. The summed E-state index contributed by atoms with van der Waals surface area (Å²) in [5, 5.41) is -0.160. The van der Waals surface area contributed by atoms with Crippen LogP contribution in [0.4, 0.5) is 13.2 Å². The third-order valence-corrected chi connectivity index (χ3v) is 7.45. The summed E-state index contributed by atoms with van der Waals surface area (Å²) in [5.74, 6) is 1.08. The Morgan fingerprint density at radius 1 is 1.03 bits per heavy atom. The maximum Gasteiger partial charge on any atom is 0.417 e. The van der Waals surface area contributed by atoms with Gasteiger partial charge >= 0.3 is 6.18 Å². The van der Waals surface area contributed by atoms with Gasteiger partial charge in [0.1, 0.15) is 5.75 Å². The van der Waals surface area contributed by atoms with Crippen molar-refractivity contribution >= 4 is 13.9 Å². The second kappa shape index (κ2) is 10.6. The van der Waals surface area contributed by atoms with Crippen LogP contribution < -0.4 is 10.0 Å². The van der Waals surface area contributed by atoms with Gasteiger partial charge in [0, 0.05) is 17.8 Å². The Labute approximate surface area is 180 Å². The van der Waals surface area contributed by atoms with Gasteiger partial charge < -0.3 is 9.47 Å². The van der Waals surface area contributed by atoms with Gasteiger partial charge in [-0.1, -0.05) is 73.0 Å². The van der Waals surface area contributed by atoms with Crippen LogP contribution in [0, 0.1) is 0 Å². The van der Waals surface area contributed by atoms with Gasteiger partial charge in [0.2, 0.25) is 0 Å². The molecular weight excluding hydrogens is 408 g/mol. The van der Waals surface area contributed by atoms with Crippen molar-refractivity contribution in [3.8, 4) is 5.75 Å². The van der Waals surface area contributed by atoms with E-state index >= 15 is 0 Å². The quantitative estimate of drug-likeness (QED) is 0.287. The Morgan fingerprint density at radius 3 is 2.33 bits per heavy atom. The zero-order chi connectivity index (χ0) is 22.4. The van der Waals surface area contributed by atoms with Gasteiger partial charge in [0.15, 0.2) is 6.79 Å². The fourth-order valence-electron chi connectivity index (χ4n) is 3.63. The molecule has 2 aromatic rings. The number of methoxy groups -OCH3 is 1. The summed E-state index contributed by atoms with van der Waals surface area (Å²) in [6.07, 6.45) is -1.54. The molecule has 3 unspecified atom stereocenters. The highest BCUT2D eigenvalue weighted by Gasteiger charge is 2.36. The highest BCUT2D eigenvalue weighted by atomic mass is 31.1. The lowest BCUT2D eigenvalue weighted by Crippen LogP contribution is -2.24. The van der Waals surface area contributed by atoms with Gasteiger partial charge in [-0.3, -0.25) is 0 Å². The van der Waals surface area contributed by atoms with Crippen LogP contribution in [0.1, 0.15) is 69.6 Å². The van der Waals surface area contributed by atoms with E-state index in [9.17, 15) is 13.2 Å². The van der Waals surface area contributed by atoms with Crippen molar-refractivity contribution in [1.82, 2.24) is 0 Å². The highest BCUT2D eigenvalue weighted by Crippen LogP contribution is 2.49. The number of ether oxygens (including phenoxy) is 2. The molecule has 0 aromatic heterocycles. The molecule has 3 atom stereocenters. The van der Waals surface area contributed by atoms with Crippen molar-refractivity contribution in [2.75, 3.05) is 13.9 Å². The Morgan fingerprint density at radius 2 is 1.73 bits per heavy atom. The molecule has 166 valence electrons. The maximum absolute atomic E-state index is 13.6. The molecule has 0 aliphatic carbocycles. The topological polar surface area (TPSA) is 18.5 Å². The summed E-state index contributed by atoms with van der Waals surface area (Å²) in [5.41, 5.74) is 1.53. The van der Waals surface area contributed by atoms with Crippen LogP contribution in [0.2, 0.25) is 0 Å². The molecule has 0 aliphatic heterocycles. The van der Waals surface area contributed by atoms with Crippen LogP contribution >= 0.6 is 8.58 Å². The van der Waals surface area contributed by atoms with Gasteiger partial charge in [-0.25, -0.2) is 0 Å². The molecule has 2 aromatic carbocycles. The number of hydrogen-bond donors (Lipinski definition) is 0. The normalized spacial score (nSPS) is 15.3. The molecule has 6 heteroatoms. The molecule has 2 rings (SSSR count). The summed E-state index contributed by atoms with van der Waals surface area (Å²) >= 11 is 0. The highest BCUT2D eigenvalue weighted by molar-refractivity contribution is 7.48. The van der Waals surface area contributed by atoms with Crippen LogP contribution in [-0.2, 0) is 16.1 Å². The number of rotatable bonds is 10. The van der Waals surface area contributed by atoms with Gasteiger partial charge in [-0.15, -0.1) is 0 Å². The van der Waals surface area contributed by atoms with Gasteiger partial charge in [0.25, 0.3) is 0 Å². The summed E-state index contributed by atoms with van der Waals surface area (Å²) in [4.78, 5) is 0. The number of hydrogen-bond acceptors (Lipinski definition) is 2. The Hall–Kier alpha value is -1.58. The van der Waals surface area contributed by atoms with E-state index in [1.165, 1.54) is 11.6 Å². The zero-order valence-corrected chi connectivity index (χ0v) is 19.4. The lowest BCUT2D eigenvalue weighted by molar-refractivity contribution is -0.136. The van der Waals surface area contributed by atoms with E-state index in [4.69, 9.17) is 9.47 Å². The lowest BCUT2D eigenvalue weighted by Gasteiger charge is -2.32. The van der Waals surface area contributed by atoms with E-state index in [0.29, 0.717) is 23.4 Å². The average molecular weight is 440 g/mol. The first-order valence-corrected chi connectivity index (χ1v) is 11.4. The van der Waals surface area contributed by atoms with Gasteiger partial charge in [-0.05, 0) is 41.8 Å². The van der Waals surface area contributed by atoms with E-state index in [0.717, 1.165) is 24.5 Å². The number of benzene rings is 2. The molecule has 0 aliphatic rings. The van der Waals surface area contributed by atoms with Crippen LogP contribution in [0.5, 0.6) is 5.75 Å².